The van der Waals surface area contributed by atoms with Gasteiger partial charge in [-0.25, -0.2) is 0 Å². The van der Waals surface area contributed by atoms with Gasteiger partial charge in [0.05, 0.1) is 0 Å². The fourth-order valence-corrected chi connectivity index (χ4v) is 2.22. The molecule has 2 aromatic heterocycles. The number of carbonyl (C=O) groups excluding carboxylic acids is 1. The molecule has 0 atom stereocenters. The van der Waals surface area contributed by atoms with Crippen LogP contribution in [0.15, 0.2) is 40.9 Å². The van der Waals surface area contributed by atoms with E-state index in [2.05, 4.69) is 26.0 Å². The van der Waals surface area contributed by atoms with Crippen molar-refractivity contribution in [3.05, 3.63) is 59.0 Å². The van der Waals surface area contributed by atoms with Gasteiger partial charge in [-0.1, -0.05) is 22.9 Å². The van der Waals surface area contributed by atoms with Gasteiger partial charge >= 0.3 is 0 Å². The first-order valence-corrected chi connectivity index (χ1v) is 7.44. The van der Waals surface area contributed by atoms with E-state index >= 15 is 0 Å². The fraction of sp³-hybridized carbons (Fsp3) is 0.176. The van der Waals surface area contributed by atoms with Crippen molar-refractivity contribution in [2.45, 2.75) is 20.8 Å². The number of aryl methyl sites for hydroxylation is 3. The van der Waals surface area contributed by atoms with Gasteiger partial charge in [-0.15, -0.1) is 10.2 Å². The van der Waals surface area contributed by atoms with Crippen molar-refractivity contribution < 1.29 is 9.32 Å². The second-order valence-corrected chi connectivity index (χ2v) is 5.52. The third-order valence-corrected chi connectivity index (χ3v) is 3.41. The Morgan fingerprint density at radius 3 is 2.46 bits per heavy atom. The monoisotopic (exact) mass is 323 g/mol. The first-order chi connectivity index (χ1) is 11.5. The maximum Gasteiger partial charge on any atom is 0.276 e. The van der Waals surface area contributed by atoms with Gasteiger partial charge in [-0.3, -0.25) is 4.79 Å². The number of anilines is 3. The number of aromatic nitrogens is 3. The minimum Gasteiger partial charge on any atom is -0.360 e. The molecule has 7 heteroatoms. The highest BCUT2D eigenvalue weighted by Gasteiger charge is 2.11. The number of hydrogen-bond acceptors (Lipinski definition) is 6. The van der Waals surface area contributed by atoms with Crippen LogP contribution >= 0.6 is 0 Å². The lowest BCUT2D eigenvalue weighted by atomic mass is 10.1. The topological polar surface area (TPSA) is 92.9 Å². The van der Waals surface area contributed by atoms with E-state index in [-0.39, 0.29) is 11.6 Å². The van der Waals surface area contributed by atoms with E-state index < -0.39 is 0 Å². The van der Waals surface area contributed by atoms with Crippen LogP contribution < -0.4 is 10.6 Å². The molecule has 0 fully saturated rings. The van der Waals surface area contributed by atoms with E-state index in [4.69, 9.17) is 4.52 Å². The average molecular weight is 323 g/mol. The van der Waals surface area contributed by atoms with Crippen LogP contribution in [0.3, 0.4) is 0 Å². The zero-order valence-electron chi connectivity index (χ0n) is 13.6. The molecule has 3 rings (SSSR count). The minimum absolute atomic E-state index is 0.233. The molecule has 122 valence electrons. The van der Waals surface area contributed by atoms with Crippen LogP contribution in [0.1, 0.15) is 27.4 Å². The maximum atomic E-state index is 12.3. The molecule has 0 aliphatic heterocycles. The van der Waals surface area contributed by atoms with Gasteiger partial charge in [-0.2, -0.15) is 0 Å². The maximum absolute atomic E-state index is 12.3. The average Bonchev–Trinajstić information content (AvgIpc) is 2.96. The van der Waals surface area contributed by atoms with Crippen LogP contribution in [0.2, 0.25) is 0 Å². The van der Waals surface area contributed by atoms with Crippen molar-refractivity contribution in [2.75, 3.05) is 10.6 Å². The van der Waals surface area contributed by atoms with E-state index in [0.29, 0.717) is 17.4 Å². The van der Waals surface area contributed by atoms with Crippen molar-refractivity contribution in [2.24, 2.45) is 0 Å². The number of nitrogens with zero attached hydrogens (tertiary/aromatic N) is 3. The Morgan fingerprint density at radius 2 is 1.83 bits per heavy atom. The third kappa shape index (κ3) is 3.57. The van der Waals surface area contributed by atoms with Gasteiger partial charge in [0.2, 0.25) is 0 Å². The van der Waals surface area contributed by atoms with Crippen LogP contribution in [0.25, 0.3) is 0 Å². The molecule has 0 aliphatic rings. The molecule has 3 aromatic rings. The zero-order valence-corrected chi connectivity index (χ0v) is 13.6. The molecule has 0 bridgehead atoms. The first-order valence-electron chi connectivity index (χ1n) is 7.44. The minimum atomic E-state index is -0.307. The third-order valence-electron chi connectivity index (χ3n) is 3.41. The Hall–Kier alpha value is -3.22. The van der Waals surface area contributed by atoms with E-state index in [1.165, 1.54) is 0 Å². The van der Waals surface area contributed by atoms with E-state index in [1.54, 1.807) is 25.1 Å². The van der Waals surface area contributed by atoms with E-state index in [1.807, 2.05) is 32.0 Å². The lowest BCUT2D eigenvalue weighted by molar-refractivity contribution is 0.102. The van der Waals surface area contributed by atoms with Crippen molar-refractivity contribution in [3.63, 3.8) is 0 Å². The van der Waals surface area contributed by atoms with Crippen molar-refractivity contribution in [3.8, 4) is 0 Å². The van der Waals surface area contributed by atoms with Gasteiger partial charge in [0, 0.05) is 11.8 Å². The Balaban J connectivity index is 1.69. The molecule has 0 aliphatic carbocycles. The lowest BCUT2D eigenvalue weighted by Gasteiger charge is -2.08. The summed E-state index contributed by atoms with van der Waals surface area (Å²) >= 11 is 0. The summed E-state index contributed by atoms with van der Waals surface area (Å²) in [4.78, 5) is 12.3. The predicted octanol–water partition coefficient (Wildman–Crippen LogP) is 3.39. The van der Waals surface area contributed by atoms with Crippen molar-refractivity contribution in [1.82, 2.24) is 15.4 Å². The molecular formula is C17H17N5O2. The highest BCUT2D eigenvalue weighted by atomic mass is 16.5. The SMILES string of the molecule is Cc1ccc(NC(=O)c2ccc(Nc3cc(C)on3)nn2)c(C)c1. The van der Waals surface area contributed by atoms with Gasteiger partial charge in [0.1, 0.15) is 5.76 Å². The Bertz CT molecular complexity index is 871. The summed E-state index contributed by atoms with van der Waals surface area (Å²) < 4.78 is 4.96. The smallest absolute Gasteiger partial charge is 0.276 e. The summed E-state index contributed by atoms with van der Waals surface area (Å²) in [6.45, 7) is 5.75. The van der Waals surface area contributed by atoms with Gasteiger partial charge in [-0.05, 0) is 44.5 Å². The highest BCUT2D eigenvalue weighted by molar-refractivity contribution is 6.03. The largest absolute Gasteiger partial charge is 0.360 e. The van der Waals surface area contributed by atoms with Crippen LogP contribution in [0.5, 0.6) is 0 Å². The summed E-state index contributed by atoms with van der Waals surface area (Å²) in [6.07, 6.45) is 0. The van der Waals surface area contributed by atoms with Crippen LogP contribution in [-0.4, -0.2) is 21.3 Å². The zero-order chi connectivity index (χ0) is 17.1. The molecule has 0 saturated carbocycles. The number of rotatable bonds is 4. The molecule has 2 heterocycles. The number of benzene rings is 1. The standard InChI is InChI=1S/C17H17N5O2/c1-10-4-5-13(11(2)8-10)18-17(23)14-6-7-15(21-20-14)19-16-9-12(3)24-22-16/h4-9H,1-3H3,(H,18,23)(H,19,21,22). The second kappa shape index (κ2) is 6.49. The Labute approximate surface area is 139 Å². The van der Waals surface area contributed by atoms with E-state index in [0.717, 1.165) is 16.8 Å². The van der Waals surface area contributed by atoms with E-state index in [9.17, 15) is 4.79 Å². The summed E-state index contributed by atoms with van der Waals surface area (Å²) in [5.74, 6) is 1.40. The molecule has 0 saturated heterocycles. The molecular weight excluding hydrogens is 306 g/mol. The first kappa shape index (κ1) is 15.7. The highest BCUT2D eigenvalue weighted by Crippen LogP contribution is 2.17. The molecule has 0 spiro atoms. The molecule has 1 aromatic carbocycles. The summed E-state index contributed by atoms with van der Waals surface area (Å²) in [5.41, 5.74) is 3.13. The summed E-state index contributed by atoms with van der Waals surface area (Å²) in [6, 6.07) is 10.8. The second-order valence-electron chi connectivity index (χ2n) is 5.52. The number of hydrogen-bond donors (Lipinski definition) is 2. The summed E-state index contributed by atoms with van der Waals surface area (Å²) in [7, 11) is 0. The molecule has 0 radical (unpaired) electrons. The van der Waals surface area contributed by atoms with Crippen molar-refractivity contribution >= 4 is 23.2 Å². The number of carbonyl (C=O) groups is 1. The predicted molar refractivity (Wildman–Crippen MR) is 90.4 cm³/mol. The molecule has 1 amide bonds. The molecule has 7 nitrogen and oxygen atoms in total. The normalized spacial score (nSPS) is 10.5. The quantitative estimate of drug-likeness (QED) is 0.764. The molecule has 24 heavy (non-hydrogen) atoms. The van der Waals surface area contributed by atoms with Crippen LogP contribution in [0, 0.1) is 20.8 Å². The Kier molecular flexibility index (Phi) is 4.24. The fourth-order valence-electron chi connectivity index (χ4n) is 2.22. The molecule has 2 N–H and O–H groups in total. The number of amides is 1. The van der Waals surface area contributed by atoms with Crippen molar-refractivity contribution in [1.29, 1.82) is 0 Å². The van der Waals surface area contributed by atoms with Crippen LogP contribution in [-0.2, 0) is 0 Å². The lowest BCUT2D eigenvalue weighted by Crippen LogP contribution is -2.15. The molecule has 0 unspecified atom stereocenters. The van der Waals surface area contributed by atoms with Gasteiger partial charge < -0.3 is 15.2 Å². The van der Waals surface area contributed by atoms with Gasteiger partial charge in [0.25, 0.3) is 5.91 Å². The van der Waals surface area contributed by atoms with Gasteiger partial charge in [0.15, 0.2) is 17.3 Å². The number of nitrogens with one attached hydrogen (secondary N) is 2. The summed E-state index contributed by atoms with van der Waals surface area (Å²) in [5, 5.41) is 17.5. The Morgan fingerprint density at radius 1 is 1.00 bits per heavy atom. The van der Waals surface area contributed by atoms with Crippen LogP contribution in [0.4, 0.5) is 17.3 Å².